The van der Waals surface area contributed by atoms with Crippen LogP contribution in [0.2, 0.25) is 0 Å². The fraction of sp³-hybridized carbons (Fsp3) is 0.167. The van der Waals surface area contributed by atoms with Gasteiger partial charge >= 0.3 is 6.18 Å². The van der Waals surface area contributed by atoms with Crippen molar-refractivity contribution in [1.29, 1.82) is 0 Å². The van der Waals surface area contributed by atoms with E-state index in [1.807, 2.05) is 24.3 Å². The second kappa shape index (κ2) is 5.93. The molecule has 0 aliphatic heterocycles. The average molecular weight is 393 g/mol. The van der Waals surface area contributed by atoms with E-state index in [9.17, 15) is 21.6 Å². The van der Waals surface area contributed by atoms with Crippen molar-refractivity contribution in [3.8, 4) is 0 Å². The average Bonchev–Trinajstić information content (AvgIpc) is 3.04. The number of nitrogens with zero attached hydrogens (tertiary/aromatic N) is 2. The summed E-state index contributed by atoms with van der Waals surface area (Å²) in [5.74, 6) is 0. The van der Waals surface area contributed by atoms with E-state index in [0.29, 0.717) is 17.0 Å². The van der Waals surface area contributed by atoms with Crippen LogP contribution in [0.15, 0.2) is 65.2 Å². The van der Waals surface area contributed by atoms with Crippen LogP contribution < -0.4 is 5.14 Å². The van der Waals surface area contributed by atoms with Gasteiger partial charge in [0.05, 0.1) is 28.2 Å². The predicted molar refractivity (Wildman–Crippen MR) is 96.2 cm³/mol. The minimum Gasteiger partial charge on any atom is -0.256 e. The Bertz CT molecular complexity index is 1220. The molecule has 2 aromatic carbocycles. The molecule has 1 unspecified atom stereocenters. The molecule has 1 aliphatic carbocycles. The molecule has 1 aromatic heterocycles. The van der Waals surface area contributed by atoms with Crippen molar-refractivity contribution in [3.05, 3.63) is 65.2 Å². The van der Waals surface area contributed by atoms with E-state index in [1.165, 1.54) is 17.0 Å². The summed E-state index contributed by atoms with van der Waals surface area (Å²) in [5, 5.41) is 11.6. The maximum absolute atomic E-state index is 13.7. The Hall–Kier alpha value is -2.65. The highest BCUT2D eigenvalue weighted by Gasteiger charge is 2.42. The molecule has 1 atom stereocenters. The van der Waals surface area contributed by atoms with Gasteiger partial charge in [-0.2, -0.15) is 18.3 Å². The number of fused-ring (bicyclic) bond motifs is 3. The van der Waals surface area contributed by atoms with E-state index >= 15 is 0 Å². The zero-order valence-electron chi connectivity index (χ0n) is 13.8. The Balaban J connectivity index is 1.95. The Morgan fingerprint density at radius 3 is 2.52 bits per heavy atom. The lowest BCUT2D eigenvalue weighted by Gasteiger charge is -2.26. The monoisotopic (exact) mass is 393 g/mol. The van der Waals surface area contributed by atoms with Gasteiger partial charge in [-0.15, -0.1) is 0 Å². The number of hydrogen-bond acceptors (Lipinski definition) is 3. The maximum atomic E-state index is 13.7. The molecule has 1 heterocycles. The molecule has 9 heteroatoms. The molecule has 3 aromatic rings. The first-order chi connectivity index (χ1) is 12.7. The number of hydrogen-bond donors (Lipinski definition) is 1. The number of nitrogens with two attached hydrogens (primary N) is 1. The van der Waals surface area contributed by atoms with Crippen molar-refractivity contribution in [3.63, 3.8) is 0 Å². The summed E-state index contributed by atoms with van der Waals surface area (Å²) < 4.78 is 65.4. The second-order valence-corrected chi connectivity index (χ2v) is 7.88. The Labute approximate surface area is 152 Å². The van der Waals surface area contributed by atoms with Crippen molar-refractivity contribution < 1.29 is 21.6 Å². The number of halogens is 3. The summed E-state index contributed by atoms with van der Waals surface area (Å²) in [4.78, 5) is -0.535. The van der Waals surface area contributed by atoms with E-state index in [4.69, 9.17) is 5.14 Å². The largest absolute Gasteiger partial charge is 0.414 e. The van der Waals surface area contributed by atoms with Crippen molar-refractivity contribution >= 4 is 31.7 Å². The molecule has 0 saturated carbocycles. The third-order valence-electron chi connectivity index (χ3n) is 4.63. The zero-order valence-corrected chi connectivity index (χ0v) is 14.6. The van der Waals surface area contributed by atoms with Gasteiger partial charge in [0.2, 0.25) is 10.0 Å². The van der Waals surface area contributed by atoms with E-state index in [2.05, 4.69) is 5.10 Å². The highest BCUT2D eigenvalue weighted by molar-refractivity contribution is 7.93. The molecule has 0 amide bonds. The van der Waals surface area contributed by atoms with Gasteiger partial charge in [0.1, 0.15) is 0 Å². The van der Waals surface area contributed by atoms with Gasteiger partial charge in [0.15, 0.2) is 0 Å². The fourth-order valence-electron chi connectivity index (χ4n) is 3.41. The first-order valence-corrected chi connectivity index (χ1v) is 9.57. The number of sulfonamides is 1. The van der Waals surface area contributed by atoms with Crippen molar-refractivity contribution in [2.24, 2.45) is 5.14 Å². The lowest BCUT2D eigenvalue weighted by Crippen LogP contribution is -2.27. The Kier molecular flexibility index (Phi) is 3.90. The van der Waals surface area contributed by atoms with Crippen molar-refractivity contribution in [1.82, 2.24) is 9.78 Å². The van der Waals surface area contributed by atoms with E-state index in [-0.39, 0.29) is 6.42 Å². The minimum absolute atomic E-state index is 0.183. The Morgan fingerprint density at radius 2 is 1.81 bits per heavy atom. The summed E-state index contributed by atoms with van der Waals surface area (Å²) in [6, 6.07) is 9.83. The predicted octanol–water partition coefficient (Wildman–Crippen LogP) is 3.80. The molecule has 5 nitrogen and oxygen atoms in total. The summed E-state index contributed by atoms with van der Waals surface area (Å²) in [5.41, 5.74) is -0.423. The maximum Gasteiger partial charge on any atom is 0.414 e. The third-order valence-corrected chi connectivity index (χ3v) is 5.57. The van der Waals surface area contributed by atoms with Crippen LogP contribution in [0.5, 0.6) is 0 Å². The van der Waals surface area contributed by atoms with Crippen LogP contribution in [-0.2, 0) is 10.0 Å². The lowest BCUT2D eigenvalue weighted by molar-refractivity contribution is -0.0986. The number of allylic oxidation sites excluding steroid dienone is 3. The SMILES string of the molecule is NS(=O)(=O)C1=CCC(n2ncc3ccc4ccccc4c32)C(C(F)(F)F)=C1. The highest BCUT2D eigenvalue weighted by atomic mass is 32.2. The second-order valence-electron chi connectivity index (χ2n) is 6.31. The van der Waals surface area contributed by atoms with Gasteiger partial charge in [0.25, 0.3) is 0 Å². The topological polar surface area (TPSA) is 78.0 Å². The summed E-state index contributed by atoms with van der Waals surface area (Å²) in [6.45, 7) is 0. The molecular weight excluding hydrogens is 379 g/mol. The molecule has 0 fully saturated rings. The molecule has 0 radical (unpaired) electrons. The van der Waals surface area contributed by atoms with Gasteiger partial charge in [0, 0.05) is 10.8 Å². The number of benzene rings is 2. The van der Waals surface area contributed by atoms with Crippen molar-refractivity contribution in [2.45, 2.75) is 18.6 Å². The minimum atomic E-state index is -4.72. The van der Waals surface area contributed by atoms with Crippen LogP contribution in [0.4, 0.5) is 13.2 Å². The van der Waals surface area contributed by atoms with Gasteiger partial charge in [-0.05, 0) is 17.9 Å². The molecule has 0 spiro atoms. The Morgan fingerprint density at radius 1 is 1.11 bits per heavy atom. The summed E-state index contributed by atoms with van der Waals surface area (Å²) >= 11 is 0. The van der Waals surface area contributed by atoms with Gasteiger partial charge < -0.3 is 0 Å². The number of alkyl halides is 3. The normalized spacial score (nSPS) is 18.6. The van der Waals surface area contributed by atoms with Crippen LogP contribution in [0.25, 0.3) is 21.7 Å². The zero-order chi connectivity index (χ0) is 19.4. The summed E-state index contributed by atoms with van der Waals surface area (Å²) in [6.07, 6.45) is -1.60. The molecule has 0 saturated heterocycles. The highest BCUT2D eigenvalue weighted by Crippen LogP contribution is 2.42. The molecule has 4 rings (SSSR count). The van der Waals surface area contributed by atoms with Crippen LogP contribution in [0.3, 0.4) is 0 Å². The smallest absolute Gasteiger partial charge is 0.256 e. The lowest BCUT2D eigenvalue weighted by atomic mass is 9.97. The van der Waals surface area contributed by atoms with Gasteiger partial charge in [-0.25, -0.2) is 13.6 Å². The molecule has 140 valence electrons. The van der Waals surface area contributed by atoms with Gasteiger partial charge in [-0.1, -0.05) is 42.5 Å². The van der Waals surface area contributed by atoms with E-state index in [0.717, 1.165) is 10.8 Å². The molecule has 27 heavy (non-hydrogen) atoms. The first kappa shape index (κ1) is 17.7. The van der Waals surface area contributed by atoms with Crippen molar-refractivity contribution in [2.75, 3.05) is 0 Å². The summed E-state index contributed by atoms with van der Waals surface area (Å²) in [7, 11) is -4.23. The van der Waals surface area contributed by atoms with Crippen LogP contribution in [0.1, 0.15) is 12.5 Å². The molecule has 0 bridgehead atoms. The third kappa shape index (κ3) is 3.02. The standard InChI is InChI=1S/C18H14F3N3O2S/c19-18(20,21)15-9-13(27(22,25)26)7-8-16(15)24-17-12(10-23-24)6-5-11-3-1-2-4-14(11)17/h1-7,9-10,16H,8H2,(H2,22,25,26). The van der Waals surface area contributed by atoms with Crippen LogP contribution >= 0.6 is 0 Å². The first-order valence-electron chi connectivity index (χ1n) is 8.03. The number of primary sulfonamides is 1. The van der Waals surface area contributed by atoms with E-state index < -0.39 is 32.7 Å². The van der Waals surface area contributed by atoms with Gasteiger partial charge in [-0.3, -0.25) is 4.68 Å². The van der Waals surface area contributed by atoms with Crippen LogP contribution in [0, 0.1) is 0 Å². The number of aromatic nitrogens is 2. The fourth-order valence-corrected chi connectivity index (χ4v) is 4.03. The number of rotatable bonds is 2. The van der Waals surface area contributed by atoms with Crippen LogP contribution in [-0.4, -0.2) is 24.4 Å². The quantitative estimate of drug-likeness (QED) is 0.719. The van der Waals surface area contributed by atoms with E-state index in [1.54, 1.807) is 12.1 Å². The molecular formula is C18H14F3N3O2S. The molecule has 2 N–H and O–H groups in total. The molecule has 1 aliphatic rings.